The molecule has 6 nitrogen and oxygen atoms in total. The minimum absolute atomic E-state index is 0.290. The number of nitriles is 1. The van der Waals surface area contributed by atoms with Gasteiger partial charge in [-0.2, -0.15) is 9.57 Å². The van der Waals surface area contributed by atoms with Crippen LogP contribution in [-0.2, 0) is 14.8 Å². The maximum atomic E-state index is 11.7. The van der Waals surface area contributed by atoms with E-state index in [1.54, 1.807) is 12.1 Å². The summed E-state index contributed by atoms with van der Waals surface area (Å²) < 4.78 is 23.9. The number of likely N-dealkylation sites (N-methyl/N-ethyl adjacent to an activating group) is 1. The van der Waals surface area contributed by atoms with E-state index in [0.29, 0.717) is 15.7 Å². The predicted octanol–water partition coefficient (Wildman–Crippen LogP) is 1.15. The number of halogens is 1. The molecule has 0 aromatic heterocycles. The van der Waals surface area contributed by atoms with Gasteiger partial charge in [0.05, 0.1) is 30.1 Å². The Morgan fingerprint density at radius 2 is 2.16 bits per heavy atom. The summed E-state index contributed by atoms with van der Waals surface area (Å²) in [5, 5.41) is 11.3. The van der Waals surface area contributed by atoms with Crippen LogP contribution in [-0.4, -0.2) is 38.5 Å². The highest BCUT2D eigenvalue weighted by Gasteiger charge is 2.15. The lowest BCUT2D eigenvalue weighted by Crippen LogP contribution is -2.34. The zero-order valence-corrected chi connectivity index (χ0v) is 12.7. The molecule has 0 fully saturated rings. The molecule has 1 aromatic carbocycles. The Morgan fingerprint density at radius 3 is 2.68 bits per heavy atom. The summed E-state index contributed by atoms with van der Waals surface area (Å²) >= 11 is 3.24. The maximum absolute atomic E-state index is 11.7. The van der Waals surface area contributed by atoms with Gasteiger partial charge in [-0.3, -0.25) is 4.79 Å². The van der Waals surface area contributed by atoms with Gasteiger partial charge in [-0.1, -0.05) is 0 Å². The number of carbonyl (C=O) groups is 1. The number of nitrogens with one attached hydrogen (secondary N) is 1. The summed E-state index contributed by atoms with van der Waals surface area (Å²) in [4.78, 5) is 11.7. The van der Waals surface area contributed by atoms with Crippen LogP contribution < -0.4 is 5.32 Å². The fourth-order valence-electron chi connectivity index (χ4n) is 1.20. The molecular formula is C11H12BrN3O3S. The highest BCUT2D eigenvalue weighted by Crippen LogP contribution is 2.23. The van der Waals surface area contributed by atoms with E-state index in [2.05, 4.69) is 21.2 Å². The lowest BCUT2D eigenvalue weighted by atomic mass is 10.2. The van der Waals surface area contributed by atoms with E-state index in [-0.39, 0.29) is 6.54 Å². The van der Waals surface area contributed by atoms with Gasteiger partial charge in [0.2, 0.25) is 15.9 Å². The van der Waals surface area contributed by atoms with Crippen molar-refractivity contribution in [1.29, 1.82) is 5.26 Å². The van der Waals surface area contributed by atoms with Gasteiger partial charge in [-0.25, -0.2) is 8.42 Å². The van der Waals surface area contributed by atoms with Crippen molar-refractivity contribution < 1.29 is 13.2 Å². The molecule has 0 saturated carbocycles. The Kier molecular flexibility index (Phi) is 5.05. The molecule has 102 valence electrons. The van der Waals surface area contributed by atoms with Crippen LogP contribution in [0.5, 0.6) is 0 Å². The zero-order valence-electron chi connectivity index (χ0n) is 10.3. The molecule has 1 N–H and O–H groups in total. The van der Waals surface area contributed by atoms with Crippen molar-refractivity contribution in [1.82, 2.24) is 4.31 Å². The molecule has 0 aliphatic carbocycles. The summed E-state index contributed by atoms with van der Waals surface area (Å²) in [6, 6.07) is 6.69. The average molecular weight is 346 g/mol. The molecule has 0 unspecified atom stereocenters. The molecule has 1 rings (SSSR count). The number of hydrogen-bond acceptors (Lipinski definition) is 4. The fourth-order valence-corrected chi connectivity index (χ4v) is 1.90. The van der Waals surface area contributed by atoms with Crippen molar-refractivity contribution in [2.24, 2.45) is 0 Å². The van der Waals surface area contributed by atoms with Gasteiger partial charge in [0, 0.05) is 11.5 Å². The van der Waals surface area contributed by atoms with Crippen LogP contribution in [0.2, 0.25) is 0 Å². The summed E-state index contributed by atoms with van der Waals surface area (Å²) in [6.45, 7) is -0.290. The van der Waals surface area contributed by atoms with Gasteiger partial charge < -0.3 is 5.32 Å². The molecular weight excluding hydrogens is 334 g/mol. The van der Waals surface area contributed by atoms with Crippen LogP contribution >= 0.6 is 15.9 Å². The quantitative estimate of drug-likeness (QED) is 0.886. The molecule has 0 radical (unpaired) electrons. The van der Waals surface area contributed by atoms with Crippen molar-refractivity contribution in [3.8, 4) is 6.07 Å². The lowest BCUT2D eigenvalue weighted by Gasteiger charge is -2.14. The summed E-state index contributed by atoms with van der Waals surface area (Å²) in [5.74, 6) is -0.483. The van der Waals surface area contributed by atoms with E-state index >= 15 is 0 Å². The topological polar surface area (TPSA) is 90.3 Å². The number of amides is 1. The first-order chi connectivity index (χ1) is 8.74. The van der Waals surface area contributed by atoms with Gasteiger partial charge in [-0.15, -0.1) is 0 Å². The predicted molar refractivity (Wildman–Crippen MR) is 75.0 cm³/mol. The molecule has 0 saturated heterocycles. The van der Waals surface area contributed by atoms with Crippen molar-refractivity contribution in [3.63, 3.8) is 0 Å². The molecule has 8 heteroatoms. The number of sulfonamides is 1. The molecule has 1 aromatic rings. The molecule has 0 atom stereocenters. The number of carbonyl (C=O) groups excluding carboxylic acids is 1. The second-order valence-electron chi connectivity index (χ2n) is 3.87. The molecule has 1 amide bonds. The highest BCUT2D eigenvalue weighted by molar-refractivity contribution is 9.10. The zero-order chi connectivity index (χ0) is 14.6. The first kappa shape index (κ1) is 15.6. The molecule has 0 aliphatic rings. The van der Waals surface area contributed by atoms with E-state index in [0.717, 1.165) is 10.6 Å². The van der Waals surface area contributed by atoms with E-state index in [9.17, 15) is 13.2 Å². The monoisotopic (exact) mass is 345 g/mol. The van der Waals surface area contributed by atoms with Crippen molar-refractivity contribution in [3.05, 3.63) is 28.2 Å². The SMILES string of the molecule is CN(CC(=O)Nc1cc(C#N)ccc1Br)S(C)(=O)=O. The number of benzene rings is 1. The van der Waals surface area contributed by atoms with E-state index in [1.807, 2.05) is 6.07 Å². The summed E-state index contributed by atoms with van der Waals surface area (Å²) in [6.07, 6.45) is 1.02. The standard InChI is InChI=1S/C11H12BrN3O3S/c1-15(19(2,17)18)7-11(16)14-10-5-8(6-13)3-4-9(10)12/h3-5H,7H2,1-2H3,(H,14,16). The number of anilines is 1. The van der Waals surface area contributed by atoms with Gasteiger partial charge in [0.1, 0.15) is 0 Å². The molecule has 0 aliphatic heterocycles. The Morgan fingerprint density at radius 1 is 1.53 bits per heavy atom. The Hall–Kier alpha value is -1.43. The fraction of sp³-hybridized carbons (Fsp3) is 0.273. The van der Waals surface area contributed by atoms with Gasteiger partial charge in [0.25, 0.3) is 0 Å². The minimum atomic E-state index is -3.40. The van der Waals surface area contributed by atoms with Gasteiger partial charge in [0.15, 0.2) is 0 Å². The third-order valence-electron chi connectivity index (χ3n) is 2.30. The van der Waals surface area contributed by atoms with E-state index in [1.165, 1.54) is 13.1 Å². The molecule has 0 bridgehead atoms. The third kappa shape index (κ3) is 4.63. The number of hydrogen-bond donors (Lipinski definition) is 1. The average Bonchev–Trinajstić information content (AvgIpc) is 2.30. The molecule has 0 heterocycles. The van der Waals surface area contributed by atoms with Crippen LogP contribution in [0.25, 0.3) is 0 Å². The van der Waals surface area contributed by atoms with Crippen molar-refractivity contribution in [2.75, 3.05) is 25.2 Å². The Balaban J connectivity index is 2.81. The first-order valence-corrected chi connectivity index (χ1v) is 7.79. The summed E-state index contributed by atoms with van der Waals surface area (Å²) in [5.41, 5.74) is 0.820. The van der Waals surface area contributed by atoms with E-state index < -0.39 is 15.9 Å². The number of nitrogens with zero attached hydrogens (tertiary/aromatic N) is 2. The van der Waals surface area contributed by atoms with Crippen LogP contribution in [0.4, 0.5) is 5.69 Å². The van der Waals surface area contributed by atoms with Crippen molar-refractivity contribution in [2.45, 2.75) is 0 Å². The largest absolute Gasteiger partial charge is 0.324 e. The van der Waals surface area contributed by atoms with Crippen LogP contribution in [0.1, 0.15) is 5.56 Å². The normalized spacial score (nSPS) is 11.1. The minimum Gasteiger partial charge on any atom is -0.324 e. The smallest absolute Gasteiger partial charge is 0.239 e. The Bertz CT molecular complexity index is 637. The van der Waals surface area contributed by atoms with Crippen LogP contribution in [0.3, 0.4) is 0 Å². The second kappa shape index (κ2) is 6.14. The highest BCUT2D eigenvalue weighted by atomic mass is 79.9. The van der Waals surface area contributed by atoms with Gasteiger partial charge in [-0.05, 0) is 34.1 Å². The maximum Gasteiger partial charge on any atom is 0.239 e. The Labute approximate surface area is 120 Å². The van der Waals surface area contributed by atoms with Crippen molar-refractivity contribution >= 4 is 37.5 Å². The van der Waals surface area contributed by atoms with E-state index in [4.69, 9.17) is 5.26 Å². The molecule has 0 spiro atoms. The molecule has 19 heavy (non-hydrogen) atoms. The van der Waals surface area contributed by atoms with Crippen LogP contribution in [0.15, 0.2) is 22.7 Å². The second-order valence-corrected chi connectivity index (χ2v) is 6.82. The third-order valence-corrected chi connectivity index (χ3v) is 4.25. The van der Waals surface area contributed by atoms with Gasteiger partial charge >= 0.3 is 0 Å². The van der Waals surface area contributed by atoms with Crippen LogP contribution in [0, 0.1) is 11.3 Å². The summed E-state index contributed by atoms with van der Waals surface area (Å²) in [7, 11) is -2.09. The lowest BCUT2D eigenvalue weighted by molar-refractivity contribution is -0.116. The number of rotatable bonds is 4. The first-order valence-electron chi connectivity index (χ1n) is 5.15.